The second-order valence-corrected chi connectivity index (χ2v) is 5.61. The molecule has 3 rings (SSSR count). The van der Waals surface area contributed by atoms with E-state index in [1.54, 1.807) is 6.33 Å². The van der Waals surface area contributed by atoms with Crippen molar-refractivity contribution in [1.82, 2.24) is 14.9 Å². The summed E-state index contributed by atoms with van der Waals surface area (Å²) in [6.45, 7) is 1.98. The van der Waals surface area contributed by atoms with Crippen LogP contribution in [0.2, 0.25) is 5.02 Å². The fourth-order valence-electron chi connectivity index (χ4n) is 2.86. The number of nitrogens with zero attached hydrogens (tertiary/aromatic N) is 3. The Labute approximate surface area is 124 Å². The van der Waals surface area contributed by atoms with Crippen LogP contribution in [0.25, 0.3) is 0 Å². The van der Waals surface area contributed by atoms with Crippen LogP contribution >= 0.6 is 11.6 Å². The van der Waals surface area contributed by atoms with Gasteiger partial charge >= 0.3 is 0 Å². The Morgan fingerprint density at radius 1 is 1.20 bits per heavy atom. The van der Waals surface area contributed by atoms with Gasteiger partial charge in [0.05, 0.1) is 11.7 Å². The minimum absolute atomic E-state index is 0.378. The summed E-state index contributed by atoms with van der Waals surface area (Å²) in [7, 11) is 0. The van der Waals surface area contributed by atoms with Gasteiger partial charge in [-0.15, -0.1) is 0 Å². The molecule has 0 bridgehead atoms. The van der Waals surface area contributed by atoms with Crippen molar-refractivity contribution < 1.29 is 0 Å². The molecule has 20 heavy (non-hydrogen) atoms. The van der Waals surface area contributed by atoms with Gasteiger partial charge < -0.3 is 0 Å². The molecular formula is C16H18ClN3. The first-order valence-electron chi connectivity index (χ1n) is 7.08. The van der Waals surface area contributed by atoms with Gasteiger partial charge in [0.25, 0.3) is 0 Å². The van der Waals surface area contributed by atoms with Gasteiger partial charge in [-0.2, -0.15) is 0 Å². The van der Waals surface area contributed by atoms with Crippen molar-refractivity contribution in [2.75, 3.05) is 6.54 Å². The summed E-state index contributed by atoms with van der Waals surface area (Å²) >= 11 is 6.28. The molecule has 0 radical (unpaired) electrons. The van der Waals surface area contributed by atoms with Crippen LogP contribution in [0.15, 0.2) is 42.9 Å². The minimum Gasteiger partial charge on any atom is -0.290 e. The second kappa shape index (κ2) is 6.33. The highest BCUT2D eigenvalue weighted by Gasteiger charge is 2.25. The molecular weight excluding hydrogens is 270 g/mol. The molecule has 1 aromatic carbocycles. The molecule has 1 aliphatic rings. The van der Waals surface area contributed by atoms with E-state index in [1.165, 1.54) is 18.4 Å². The lowest BCUT2D eigenvalue weighted by molar-refractivity contribution is 0.137. The van der Waals surface area contributed by atoms with Crippen molar-refractivity contribution in [2.45, 2.75) is 31.8 Å². The number of benzene rings is 1. The van der Waals surface area contributed by atoms with Gasteiger partial charge in [-0.1, -0.05) is 36.2 Å². The van der Waals surface area contributed by atoms with E-state index in [4.69, 9.17) is 11.6 Å². The minimum atomic E-state index is 0.378. The maximum absolute atomic E-state index is 6.28. The van der Waals surface area contributed by atoms with Crippen LogP contribution in [-0.2, 0) is 6.54 Å². The Bertz CT molecular complexity index is 559. The first kappa shape index (κ1) is 13.5. The lowest BCUT2D eigenvalue weighted by atomic mass is 9.98. The number of hydrogen-bond acceptors (Lipinski definition) is 3. The van der Waals surface area contributed by atoms with Gasteiger partial charge in [0.1, 0.15) is 6.33 Å². The lowest BCUT2D eigenvalue weighted by Crippen LogP contribution is -2.33. The van der Waals surface area contributed by atoms with Gasteiger partial charge in [-0.25, -0.2) is 9.97 Å². The third kappa shape index (κ3) is 3.00. The average molecular weight is 288 g/mol. The van der Waals surface area contributed by atoms with E-state index < -0.39 is 0 Å². The monoisotopic (exact) mass is 287 g/mol. The number of halogens is 1. The zero-order valence-corrected chi connectivity index (χ0v) is 12.1. The second-order valence-electron chi connectivity index (χ2n) is 5.21. The van der Waals surface area contributed by atoms with E-state index in [0.717, 1.165) is 30.2 Å². The normalized spacial score (nSPS) is 19.9. The predicted molar refractivity (Wildman–Crippen MR) is 80.5 cm³/mol. The summed E-state index contributed by atoms with van der Waals surface area (Å²) in [4.78, 5) is 10.9. The van der Waals surface area contributed by atoms with Crippen LogP contribution in [0.3, 0.4) is 0 Å². The predicted octanol–water partition coefficient (Wildman–Crippen LogP) is 3.86. The third-order valence-electron chi connectivity index (χ3n) is 3.89. The molecule has 0 N–H and O–H groups in total. The Hall–Kier alpha value is -1.45. The first-order chi connectivity index (χ1) is 9.84. The average Bonchev–Trinajstić information content (AvgIpc) is 2.51. The van der Waals surface area contributed by atoms with E-state index in [1.807, 2.05) is 30.5 Å². The Kier molecular flexibility index (Phi) is 4.28. The fourth-order valence-corrected chi connectivity index (χ4v) is 3.05. The van der Waals surface area contributed by atoms with E-state index in [0.29, 0.717) is 6.04 Å². The summed E-state index contributed by atoms with van der Waals surface area (Å²) in [5, 5.41) is 0.847. The third-order valence-corrected chi connectivity index (χ3v) is 4.26. The number of aromatic nitrogens is 2. The Morgan fingerprint density at radius 2 is 2.10 bits per heavy atom. The molecule has 0 aliphatic carbocycles. The molecule has 1 aromatic heterocycles. The molecule has 2 heterocycles. The number of piperidine rings is 1. The zero-order chi connectivity index (χ0) is 13.8. The van der Waals surface area contributed by atoms with Crippen molar-refractivity contribution in [3.63, 3.8) is 0 Å². The molecule has 3 nitrogen and oxygen atoms in total. The van der Waals surface area contributed by atoms with Crippen LogP contribution in [0.4, 0.5) is 0 Å². The summed E-state index contributed by atoms with van der Waals surface area (Å²) < 4.78 is 0. The molecule has 104 valence electrons. The first-order valence-corrected chi connectivity index (χ1v) is 7.46. The molecule has 0 saturated carbocycles. The molecule has 1 saturated heterocycles. The molecule has 0 unspecified atom stereocenters. The topological polar surface area (TPSA) is 29.0 Å². The SMILES string of the molecule is Clc1ccccc1CN1CCCC[C@H]1c1ccncn1. The highest BCUT2D eigenvalue weighted by atomic mass is 35.5. The lowest BCUT2D eigenvalue weighted by Gasteiger charge is -2.35. The Morgan fingerprint density at radius 3 is 2.90 bits per heavy atom. The molecule has 4 heteroatoms. The van der Waals surface area contributed by atoms with Crippen LogP contribution in [0.5, 0.6) is 0 Å². The van der Waals surface area contributed by atoms with E-state index >= 15 is 0 Å². The highest BCUT2D eigenvalue weighted by molar-refractivity contribution is 6.31. The number of hydrogen-bond donors (Lipinski definition) is 0. The molecule has 2 aromatic rings. The van der Waals surface area contributed by atoms with Gasteiger partial charge in [-0.05, 0) is 37.1 Å². The van der Waals surface area contributed by atoms with Crippen LogP contribution < -0.4 is 0 Å². The summed E-state index contributed by atoms with van der Waals surface area (Å²) in [6, 6.07) is 10.5. The molecule has 1 fully saturated rings. The highest BCUT2D eigenvalue weighted by Crippen LogP contribution is 2.31. The van der Waals surface area contributed by atoms with Crippen molar-refractivity contribution in [3.05, 3.63) is 59.1 Å². The van der Waals surface area contributed by atoms with Crippen molar-refractivity contribution in [3.8, 4) is 0 Å². The van der Waals surface area contributed by atoms with Crippen molar-refractivity contribution >= 4 is 11.6 Å². The molecule has 1 atom stereocenters. The van der Waals surface area contributed by atoms with E-state index in [9.17, 15) is 0 Å². The smallest absolute Gasteiger partial charge is 0.115 e. The summed E-state index contributed by atoms with van der Waals surface area (Å²) in [5.41, 5.74) is 2.31. The van der Waals surface area contributed by atoms with Crippen molar-refractivity contribution in [2.24, 2.45) is 0 Å². The quantitative estimate of drug-likeness (QED) is 0.858. The molecule has 1 aliphatic heterocycles. The number of rotatable bonds is 3. The number of likely N-dealkylation sites (tertiary alicyclic amines) is 1. The van der Waals surface area contributed by atoms with Crippen LogP contribution in [0.1, 0.15) is 36.6 Å². The van der Waals surface area contributed by atoms with E-state index in [2.05, 4.69) is 20.9 Å². The Balaban J connectivity index is 1.81. The molecule has 0 spiro atoms. The van der Waals surface area contributed by atoms with Gasteiger partial charge in [0.15, 0.2) is 0 Å². The van der Waals surface area contributed by atoms with Crippen LogP contribution in [-0.4, -0.2) is 21.4 Å². The van der Waals surface area contributed by atoms with Gasteiger partial charge in [0, 0.05) is 17.8 Å². The van der Waals surface area contributed by atoms with Gasteiger partial charge in [-0.3, -0.25) is 4.90 Å². The largest absolute Gasteiger partial charge is 0.290 e. The zero-order valence-electron chi connectivity index (χ0n) is 11.4. The van der Waals surface area contributed by atoms with Gasteiger partial charge in [0.2, 0.25) is 0 Å². The van der Waals surface area contributed by atoms with Crippen LogP contribution in [0, 0.1) is 0 Å². The fraction of sp³-hybridized carbons (Fsp3) is 0.375. The molecule has 0 amide bonds. The summed E-state index contributed by atoms with van der Waals surface area (Å²) in [5.74, 6) is 0. The summed E-state index contributed by atoms with van der Waals surface area (Å²) in [6.07, 6.45) is 7.11. The van der Waals surface area contributed by atoms with Crippen molar-refractivity contribution in [1.29, 1.82) is 0 Å². The maximum atomic E-state index is 6.28. The standard InChI is InChI=1S/C16H18ClN3/c17-14-6-2-1-5-13(14)11-20-10-4-3-7-16(20)15-8-9-18-12-19-15/h1-2,5-6,8-9,12,16H,3-4,7,10-11H2/t16-/m0/s1. The van der Waals surface area contributed by atoms with E-state index in [-0.39, 0.29) is 0 Å². The maximum Gasteiger partial charge on any atom is 0.115 e.